The number of nitrogens with zero attached hydrogens (tertiary/aromatic N) is 1. The summed E-state index contributed by atoms with van der Waals surface area (Å²) in [6.07, 6.45) is 3.55. The molecule has 3 aliphatic heterocycles. The fourth-order valence-corrected chi connectivity index (χ4v) is 1.54. The van der Waals surface area contributed by atoms with Crippen molar-refractivity contribution in [2.24, 2.45) is 5.16 Å². The summed E-state index contributed by atoms with van der Waals surface area (Å²) in [6, 6.07) is 0. The second-order valence-corrected chi connectivity index (χ2v) is 2.84. The maximum atomic E-state index is 5.31. The monoisotopic (exact) mass is 169 g/mol. The van der Waals surface area contributed by atoms with Gasteiger partial charge in [-0.15, -0.1) is 0 Å². The summed E-state index contributed by atoms with van der Waals surface area (Å²) in [4.78, 5) is 5.11. The molecule has 1 fully saturated rings. The summed E-state index contributed by atoms with van der Waals surface area (Å²) in [5.74, 6) is -0.0771. The molecule has 0 radical (unpaired) electrons. The van der Waals surface area contributed by atoms with Crippen LogP contribution in [0.25, 0.3) is 0 Å². The van der Waals surface area contributed by atoms with Gasteiger partial charge >= 0.3 is 5.79 Å². The molecule has 12 heavy (non-hydrogen) atoms. The zero-order chi connectivity index (χ0) is 8.02. The standard InChI is InChI=1S/C7H7NO4/c1-2-8-12-7(1)6-5(3-11-7)9-4-10-6/h2-3,6H,1,4H2/t6-,7+/m1/s1. The lowest BCUT2D eigenvalue weighted by atomic mass is 10.1. The Hall–Kier alpha value is -1.23. The van der Waals surface area contributed by atoms with Crippen molar-refractivity contribution < 1.29 is 19.0 Å². The van der Waals surface area contributed by atoms with Crippen LogP contribution in [0.5, 0.6) is 0 Å². The summed E-state index contributed by atoms with van der Waals surface area (Å²) >= 11 is 0. The van der Waals surface area contributed by atoms with Gasteiger partial charge in [0.15, 0.2) is 12.6 Å². The molecule has 3 heterocycles. The first-order valence-electron chi connectivity index (χ1n) is 3.73. The van der Waals surface area contributed by atoms with Gasteiger partial charge in [-0.25, -0.2) is 0 Å². The Morgan fingerprint density at radius 1 is 1.58 bits per heavy atom. The van der Waals surface area contributed by atoms with Gasteiger partial charge < -0.3 is 19.0 Å². The summed E-state index contributed by atoms with van der Waals surface area (Å²) < 4.78 is 15.7. The first-order valence-corrected chi connectivity index (χ1v) is 3.73. The van der Waals surface area contributed by atoms with Gasteiger partial charge in [0.2, 0.25) is 6.10 Å². The highest BCUT2D eigenvalue weighted by Gasteiger charge is 2.55. The SMILES string of the molecule is C1=NO[C@]2(C1)OC=C1OCO[C@H]12. The van der Waals surface area contributed by atoms with Gasteiger partial charge in [-0.1, -0.05) is 5.16 Å². The number of oxime groups is 1. The van der Waals surface area contributed by atoms with Crippen molar-refractivity contribution in [3.63, 3.8) is 0 Å². The molecule has 1 spiro atoms. The zero-order valence-corrected chi connectivity index (χ0v) is 6.23. The van der Waals surface area contributed by atoms with Gasteiger partial charge in [0.05, 0.1) is 12.6 Å². The highest BCUT2D eigenvalue weighted by molar-refractivity contribution is 5.60. The molecule has 0 aliphatic carbocycles. The van der Waals surface area contributed by atoms with Gasteiger partial charge in [0.25, 0.3) is 0 Å². The van der Waals surface area contributed by atoms with E-state index in [1.807, 2.05) is 0 Å². The summed E-state index contributed by atoms with van der Waals surface area (Å²) in [5, 5.41) is 3.66. The number of hydrogen-bond acceptors (Lipinski definition) is 5. The lowest BCUT2D eigenvalue weighted by molar-refractivity contribution is -0.227. The third kappa shape index (κ3) is 0.597. The zero-order valence-electron chi connectivity index (χ0n) is 6.23. The van der Waals surface area contributed by atoms with Crippen molar-refractivity contribution >= 4 is 6.21 Å². The Balaban J connectivity index is 1.92. The predicted octanol–water partition coefficient (Wildman–Crippen LogP) is 0.333. The van der Waals surface area contributed by atoms with Crippen LogP contribution in [0.15, 0.2) is 17.2 Å². The molecule has 0 aromatic rings. The molecular weight excluding hydrogens is 162 g/mol. The molecule has 1 saturated heterocycles. The summed E-state index contributed by atoms with van der Waals surface area (Å²) in [7, 11) is 0. The fourth-order valence-electron chi connectivity index (χ4n) is 1.54. The van der Waals surface area contributed by atoms with Gasteiger partial charge in [0, 0.05) is 0 Å². The quantitative estimate of drug-likeness (QED) is 0.524. The molecule has 0 bridgehead atoms. The van der Waals surface area contributed by atoms with E-state index in [1.54, 1.807) is 6.21 Å². The average Bonchev–Trinajstić information content (AvgIpc) is 2.76. The molecule has 2 atom stereocenters. The van der Waals surface area contributed by atoms with E-state index in [1.165, 1.54) is 6.26 Å². The number of fused-ring (bicyclic) bond motifs is 2. The summed E-state index contributed by atoms with van der Waals surface area (Å²) in [5.41, 5.74) is 0. The summed E-state index contributed by atoms with van der Waals surface area (Å²) in [6.45, 7) is 0.269. The first-order chi connectivity index (χ1) is 5.91. The van der Waals surface area contributed by atoms with Crippen LogP contribution >= 0.6 is 0 Å². The van der Waals surface area contributed by atoms with Gasteiger partial charge in [-0.05, 0) is 0 Å². The topological polar surface area (TPSA) is 49.3 Å². The van der Waals surface area contributed by atoms with E-state index in [-0.39, 0.29) is 12.9 Å². The predicted molar refractivity (Wildman–Crippen MR) is 36.9 cm³/mol. The molecule has 5 nitrogen and oxygen atoms in total. The van der Waals surface area contributed by atoms with E-state index in [0.717, 1.165) is 0 Å². The Kier molecular flexibility index (Phi) is 1.01. The number of ether oxygens (including phenoxy) is 3. The molecule has 3 rings (SSSR count). The Morgan fingerprint density at radius 2 is 2.58 bits per heavy atom. The number of hydrogen-bond donors (Lipinski definition) is 0. The molecule has 0 saturated carbocycles. The molecule has 0 unspecified atom stereocenters. The van der Waals surface area contributed by atoms with Crippen LogP contribution < -0.4 is 0 Å². The smallest absolute Gasteiger partial charge is 0.313 e. The maximum Gasteiger partial charge on any atom is 0.313 e. The van der Waals surface area contributed by atoms with Gasteiger partial charge in [-0.2, -0.15) is 0 Å². The average molecular weight is 169 g/mol. The molecule has 5 heteroatoms. The Bertz CT molecular complexity index is 265. The molecule has 64 valence electrons. The minimum Gasteiger partial charge on any atom is -0.466 e. The second kappa shape index (κ2) is 1.92. The fraction of sp³-hybridized carbons (Fsp3) is 0.571. The van der Waals surface area contributed by atoms with E-state index in [9.17, 15) is 0 Å². The lowest BCUT2D eigenvalue weighted by Gasteiger charge is -2.23. The van der Waals surface area contributed by atoms with Crippen LogP contribution in [0.4, 0.5) is 0 Å². The van der Waals surface area contributed by atoms with E-state index in [0.29, 0.717) is 12.2 Å². The van der Waals surface area contributed by atoms with Crippen LogP contribution in [0.1, 0.15) is 6.42 Å². The van der Waals surface area contributed by atoms with Crippen LogP contribution in [0.3, 0.4) is 0 Å². The van der Waals surface area contributed by atoms with Crippen LogP contribution in [-0.2, 0) is 19.0 Å². The van der Waals surface area contributed by atoms with Crippen molar-refractivity contribution in [1.29, 1.82) is 0 Å². The minimum absolute atomic E-state index is 0.250. The second-order valence-electron chi connectivity index (χ2n) is 2.84. The molecule has 0 aromatic heterocycles. The van der Waals surface area contributed by atoms with Crippen molar-refractivity contribution in [3.8, 4) is 0 Å². The normalized spacial score (nSPS) is 42.0. The van der Waals surface area contributed by atoms with E-state index in [2.05, 4.69) is 5.16 Å². The largest absolute Gasteiger partial charge is 0.466 e. The van der Waals surface area contributed by atoms with Crippen molar-refractivity contribution in [2.75, 3.05) is 6.79 Å². The minimum atomic E-state index is -0.772. The van der Waals surface area contributed by atoms with Gasteiger partial charge in [0.1, 0.15) is 6.26 Å². The third-order valence-corrected chi connectivity index (χ3v) is 2.15. The molecule has 0 N–H and O–H groups in total. The van der Waals surface area contributed by atoms with Gasteiger partial charge in [-0.3, -0.25) is 0 Å². The third-order valence-electron chi connectivity index (χ3n) is 2.15. The van der Waals surface area contributed by atoms with Crippen LogP contribution in [-0.4, -0.2) is 24.9 Å². The first kappa shape index (κ1) is 6.30. The lowest BCUT2D eigenvalue weighted by Crippen LogP contribution is -2.40. The molecule has 3 aliphatic rings. The molecule has 0 amide bonds. The van der Waals surface area contributed by atoms with Crippen molar-refractivity contribution in [2.45, 2.75) is 18.3 Å². The van der Waals surface area contributed by atoms with E-state index < -0.39 is 5.79 Å². The molecule has 0 aromatic carbocycles. The highest BCUT2D eigenvalue weighted by atomic mass is 16.8. The highest BCUT2D eigenvalue weighted by Crippen LogP contribution is 2.40. The van der Waals surface area contributed by atoms with Crippen molar-refractivity contribution in [3.05, 3.63) is 12.0 Å². The van der Waals surface area contributed by atoms with Crippen LogP contribution in [0, 0.1) is 0 Å². The maximum absolute atomic E-state index is 5.31. The number of rotatable bonds is 0. The van der Waals surface area contributed by atoms with Crippen molar-refractivity contribution in [1.82, 2.24) is 0 Å². The molecular formula is C7H7NO4. The Labute approximate surface area is 68.5 Å². The van der Waals surface area contributed by atoms with Crippen LogP contribution in [0.2, 0.25) is 0 Å². The van der Waals surface area contributed by atoms with E-state index >= 15 is 0 Å². The van der Waals surface area contributed by atoms with E-state index in [4.69, 9.17) is 19.0 Å². The Morgan fingerprint density at radius 3 is 3.42 bits per heavy atom.